The van der Waals surface area contributed by atoms with Gasteiger partial charge in [0.25, 0.3) is 0 Å². The normalized spacial score (nSPS) is 25.5. The second-order valence-corrected chi connectivity index (χ2v) is 5.58. The van der Waals surface area contributed by atoms with Crippen molar-refractivity contribution in [3.63, 3.8) is 0 Å². The Kier molecular flexibility index (Phi) is 3.91. The summed E-state index contributed by atoms with van der Waals surface area (Å²) in [5.41, 5.74) is 1.75. The van der Waals surface area contributed by atoms with E-state index in [-0.39, 0.29) is 11.9 Å². The molecule has 0 radical (unpaired) electrons. The maximum absolute atomic E-state index is 14.2. The molecule has 1 aromatic rings. The van der Waals surface area contributed by atoms with E-state index in [1.807, 2.05) is 26.1 Å². The molecular weight excluding hydrogens is 227 g/mol. The van der Waals surface area contributed by atoms with Crippen LogP contribution in [-0.4, -0.2) is 20.1 Å². The van der Waals surface area contributed by atoms with Crippen LogP contribution in [0.5, 0.6) is 0 Å². The highest BCUT2D eigenvalue weighted by Gasteiger charge is 2.27. The Hall–Kier alpha value is -1.09. The largest absolute Gasteiger partial charge is 0.369 e. The third-order valence-electron chi connectivity index (χ3n) is 4.23. The first-order valence-electron chi connectivity index (χ1n) is 6.74. The van der Waals surface area contributed by atoms with Crippen molar-refractivity contribution in [1.82, 2.24) is 5.32 Å². The number of hydrogen-bond donors (Lipinski definition) is 1. The molecule has 18 heavy (non-hydrogen) atoms. The Labute approximate surface area is 109 Å². The van der Waals surface area contributed by atoms with E-state index in [0.29, 0.717) is 11.8 Å². The smallest absolute Gasteiger partial charge is 0.146 e. The second kappa shape index (κ2) is 5.27. The lowest BCUT2D eigenvalue weighted by Crippen LogP contribution is -2.21. The lowest BCUT2D eigenvalue weighted by molar-refractivity contribution is 0.494. The summed E-state index contributed by atoms with van der Waals surface area (Å²) in [4.78, 5) is 2.17. The lowest BCUT2D eigenvalue weighted by Gasteiger charge is -2.20. The van der Waals surface area contributed by atoms with E-state index in [0.717, 1.165) is 24.3 Å². The van der Waals surface area contributed by atoms with E-state index in [1.165, 1.54) is 0 Å². The molecule has 0 aromatic heterocycles. The van der Waals surface area contributed by atoms with E-state index >= 15 is 0 Å². The third-order valence-corrected chi connectivity index (χ3v) is 4.23. The predicted molar refractivity (Wildman–Crippen MR) is 74.4 cm³/mol. The zero-order valence-corrected chi connectivity index (χ0v) is 11.7. The minimum Gasteiger partial charge on any atom is -0.369 e. The zero-order valence-electron chi connectivity index (χ0n) is 11.7. The van der Waals surface area contributed by atoms with Crippen LogP contribution >= 0.6 is 0 Å². The number of nitrogens with zero attached hydrogens (tertiary/aromatic N) is 1. The fraction of sp³-hybridized carbons (Fsp3) is 0.600. The number of nitrogens with one attached hydrogen (secondary N) is 1. The number of halogens is 1. The average molecular weight is 250 g/mol. The van der Waals surface area contributed by atoms with Gasteiger partial charge in [0.15, 0.2) is 0 Å². The summed E-state index contributed by atoms with van der Waals surface area (Å²) in [5, 5.41) is 3.13. The molecule has 1 fully saturated rings. The van der Waals surface area contributed by atoms with Crippen LogP contribution in [0, 0.1) is 17.7 Å². The summed E-state index contributed by atoms with van der Waals surface area (Å²) < 4.78 is 14.2. The summed E-state index contributed by atoms with van der Waals surface area (Å²) in [7, 11) is 1.89. The molecule has 0 spiro atoms. The highest BCUT2D eigenvalue weighted by molar-refractivity contribution is 5.50. The van der Waals surface area contributed by atoms with Crippen LogP contribution in [-0.2, 0) is 0 Å². The van der Waals surface area contributed by atoms with Gasteiger partial charge in [0.05, 0.1) is 5.69 Å². The van der Waals surface area contributed by atoms with Crippen LogP contribution in [0.1, 0.15) is 32.4 Å². The summed E-state index contributed by atoms with van der Waals surface area (Å²) in [6.07, 6.45) is 0. The standard InChI is InChI=1S/C15H23FN2/c1-10-8-18(9-11(10)2)15-6-5-13(7-14(15)16)12(3)17-4/h5-7,10-12,17H,8-9H2,1-4H3. The van der Waals surface area contributed by atoms with Crippen molar-refractivity contribution in [1.29, 1.82) is 0 Å². The summed E-state index contributed by atoms with van der Waals surface area (Å²) in [6, 6.07) is 5.78. The Bertz CT molecular complexity index is 409. The summed E-state index contributed by atoms with van der Waals surface area (Å²) >= 11 is 0. The zero-order chi connectivity index (χ0) is 13.3. The lowest BCUT2D eigenvalue weighted by atomic mass is 10.0. The first-order valence-corrected chi connectivity index (χ1v) is 6.74. The molecular formula is C15H23FN2. The maximum atomic E-state index is 14.2. The summed E-state index contributed by atoms with van der Waals surface area (Å²) in [5.74, 6) is 1.18. The Morgan fingerprint density at radius 1 is 1.28 bits per heavy atom. The topological polar surface area (TPSA) is 15.3 Å². The van der Waals surface area contributed by atoms with Gasteiger partial charge >= 0.3 is 0 Å². The number of anilines is 1. The molecule has 3 unspecified atom stereocenters. The van der Waals surface area contributed by atoms with Crippen molar-refractivity contribution in [2.24, 2.45) is 11.8 Å². The molecule has 3 heteroatoms. The molecule has 1 heterocycles. The van der Waals surface area contributed by atoms with Crippen LogP contribution in [0.25, 0.3) is 0 Å². The van der Waals surface area contributed by atoms with Crippen LogP contribution in [0.15, 0.2) is 18.2 Å². The van der Waals surface area contributed by atoms with Gasteiger partial charge in [0, 0.05) is 19.1 Å². The van der Waals surface area contributed by atoms with Gasteiger partial charge in [-0.1, -0.05) is 19.9 Å². The fourth-order valence-electron chi connectivity index (χ4n) is 2.54. The van der Waals surface area contributed by atoms with Crippen molar-refractivity contribution in [2.75, 3.05) is 25.0 Å². The van der Waals surface area contributed by atoms with Crippen molar-refractivity contribution >= 4 is 5.69 Å². The van der Waals surface area contributed by atoms with Crippen LogP contribution in [0.4, 0.5) is 10.1 Å². The Balaban J connectivity index is 2.20. The molecule has 1 aliphatic heterocycles. The van der Waals surface area contributed by atoms with Crippen LogP contribution in [0.2, 0.25) is 0 Å². The quantitative estimate of drug-likeness (QED) is 0.886. The molecule has 2 nitrogen and oxygen atoms in total. The molecule has 0 aliphatic carbocycles. The van der Waals surface area contributed by atoms with E-state index in [1.54, 1.807) is 6.07 Å². The van der Waals surface area contributed by atoms with Gasteiger partial charge in [-0.3, -0.25) is 0 Å². The molecule has 1 aliphatic rings. The number of rotatable bonds is 3. The molecule has 1 N–H and O–H groups in total. The molecule has 0 amide bonds. The Morgan fingerprint density at radius 3 is 2.39 bits per heavy atom. The van der Waals surface area contributed by atoms with Crippen LogP contribution < -0.4 is 10.2 Å². The van der Waals surface area contributed by atoms with Crippen molar-refractivity contribution in [3.8, 4) is 0 Å². The first kappa shape index (κ1) is 13.3. The molecule has 0 bridgehead atoms. The minimum absolute atomic E-state index is 0.101. The SMILES string of the molecule is CNC(C)c1ccc(N2CC(C)C(C)C2)c(F)c1. The minimum atomic E-state index is -0.101. The van der Waals surface area contributed by atoms with Gasteiger partial charge in [-0.2, -0.15) is 0 Å². The van der Waals surface area contributed by atoms with E-state index < -0.39 is 0 Å². The second-order valence-electron chi connectivity index (χ2n) is 5.58. The molecule has 3 atom stereocenters. The van der Waals surface area contributed by atoms with Crippen LogP contribution in [0.3, 0.4) is 0 Å². The van der Waals surface area contributed by atoms with Crippen molar-refractivity contribution in [3.05, 3.63) is 29.6 Å². The predicted octanol–water partition coefficient (Wildman–Crippen LogP) is 3.20. The summed E-state index contributed by atoms with van der Waals surface area (Å²) in [6.45, 7) is 8.42. The molecule has 1 aromatic carbocycles. The first-order chi connectivity index (χ1) is 8.52. The van der Waals surface area contributed by atoms with Crippen molar-refractivity contribution < 1.29 is 4.39 Å². The fourth-order valence-corrected chi connectivity index (χ4v) is 2.54. The monoisotopic (exact) mass is 250 g/mol. The highest BCUT2D eigenvalue weighted by atomic mass is 19.1. The number of benzene rings is 1. The van der Waals surface area contributed by atoms with Gasteiger partial charge < -0.3 is 10.2 Å². The maximum Gasteiger partial charge on any atom is 0.146 e. The van der Waals surface area contributed by atoms with E-state index in [9.17, 15) is 4.39 Å². The molecule has 2 rings (SSSR count). The molecule has 0 saturated carbocycles. The van der Waals surface area contributed by atoms with Crippen molar-refractivity contribution in [2.45, 2.75) is 26.8 Å². The van der Waals surface area contributed by atoms with Gasteiger partial charge in [-0.25, -0.2) is 4.39 Å². The van der Waals surface area contributed by atoms with E-state index in [2.05, 4.69) is 24.1 Å². The highest BCUT2D eigenvalue weighted by Crippen LogP contribution is 2.30. The van der Waals surface area contributed by atoms with Gasteiger partial charge in [-0.05, 0) is 43.5 Å². The average Bonchev–Trinajstić information content (AvgIpc) is 2.68. The third kappa shape index (κ3) is 2.51. The van der Waals surface area contributed by atoms with Gasteiger partial charge in [0.1, 0.15) is 5.82 Å². The van der Waals surface area contributed by atoms with Gasteiger partial charge in [0.2, 0.25) is 0 Å². The molecule has 100 valence electrons. The Morgan fingerprint density at radius 2 is 1.89 bits per heavy atom. The van der Waals surface area contributed by atoms with E-state index in [4.69, 9.17) is 0 Å². The van der Waals surface area contributed by atoms with Gasteiger partial charge in [-0.15, -0.1) is 0 Å². The molecule has 1 saturated heterocycles. The number of hydrogen-bond acceptors (Lipinski definition) is 2.